The summed E-state index contributed by atoms with van der Waals surface area (Å²) in [6.07, 6.45) is 8.48. The van der Waals surface area contributed by atoms with Crippen LogP contribution in [0.2, 0.25) is 0 Å². The highest BCUT2D eigenvalue weighted by Gasteiger charge is 2.55. The molecule has 12 nitrogen and oxygen atoms in total. The summed E-state index contributed by atoms with van der Waals surface area (Å²) in [6, 6.07) is -1.64. The van der Waals surface area contributed by atoms with Crippen molar-refractivity contribution in [2.75, 3.05) is 52.5 Å². The molecule has 3 amide bonds. The monoisotopic (exact) mass is 595 g/mol. The fourth-order valence-electron chi connectivity index (χ4n) is 5.33. The number of carbonyl (C=O) groups excluding carboxylic acids is 5. The molecule has 1 aliphatic heterocycles. The van der Waals surface area contributed by atoms with Gasteiger partial charge in [-0.1, -0.05) is 52.9 Å². The van der Waals surface area contributed by atoms with E-state index in [0.717, 1.165) is 64.5 Å². The SMILES string of the molecule is CCCNCC(=O)OC[C@]1(C(=O)[C@H](CC2CCCCC2)NC(=O)CNC(=O)[C@H](C)NC(=O)CN(CCC)CCC)CO1. The van der Waals surface area contributed by atoms with Crippen molar-refractivity contribution in [3.8, 4) is 0 Å². The zero-order chi connectivity index (χ0) is 31.0. The van der Waals surface area contributed by atoms with E-state index in [0.29, 0.717) is 13.0 Å². The summed E-state index contributed by atoms with van der Waals surface area (Å²) in [4.78, 5) is 65.6. The van der Waals surface area contributed by atoms with Crippen molar-refractivity contribution >= 4 is 29.5 Å². The van der Waals surface area contributed by atoms with Gasteiger partial charge in [0, 0.05) is 0 Å². The van der Waals surface area contributed by atoms with Gasteiger partial charge in [0.15, 0.2) is 11.4 Å². The average Bonchev–Trinajstić information content (AvgIpc) is 3.76. The van der Waals surface area contributed by atoms with Crippen molar-refractivity contribution in [3.63, 3.8) is 0 Å². The Labute approximate surface area is 250 Å². The smallest absolute Gasteiger partial charge is 0.320 e. The van der Waals surface area contributed by atoms with Gasteiger partial charge < -0.3 is 30.7 Å². The first kappa shape index (κ1) is 35.6. The van der Waals surface area contributed by atoms with Crippen LogP contribution in [0.4, 0.5) is 0 Å². The van der Waals surface area contributed by atoms with Crippen molar-refractivity contribution in [2.45, 2.75) is 103 Å². The molecular weight excluding hydrogens is 542 g/mol. The average molecular weight is 596 g/mol. The second-order valence-corrected chi connectivity index (χ2v) is 11.6. The van der Waals surface area contributed by atoms with Crippen LogP contribution >= 0.6 is 0 Å². The Morgan fingerprint density at radius 3 is 2.19 bits per heavy atom. The van der Waals surface area contributed by atoms with Crippen LogP contribution in [0.25, 0.3) is 0 Å². The van der Waals surface area contributed by atoms with Gasteiger partial charge in [-0.2, -0.15) is 0 Å². The third kappa shape index (κ3) is 12.7. The first-order valence-corrected chi connectivity index (χ1v) is 15.8. The number of esters is 1. The maximum Gasteiger partial charge on any atom is 0.320 e. The minimum Gasteiger partial charge on any atom is -0.461 e. The van der Waals surface area contributed by atoms with Crippen molar-refractivity contribution in [1.82, 2.24) is 26.2 Å². The van der Waals surface area contributed by atoms with Crippen molar-refractivity contribution in [2.24, 2.45) is 5.92 Å². The Hall–Kier alpha value is -2.57. The summed E-state index contributed by atoms with van der Waals surface area (Å²) in [6.45, 7) is 9.79. The van der Waals surface area contributed by atoms with Crippen LogP contribution in [0.5, 0.6) is 0 Å². The molecule has 2 rings (SSSR count). The van der Waals surface area contributed by atoms with Gasteiger partial charge in [0.05, 0.1) is 32.3 Å². The molecule has 0 radical (unpaired) electrons. The maximum absolute atomic E-state index is 13.6. The molecule has 2 aliphatic rings. The standard InChI is InChI=1S/C30H53N5O7/c1-5-13-31-18-27(38)41-20-30(21-42-30)28(39)24(16-23-11-9-8-10-12-23)34-25(36)17-32-29(40)22(4)33-26(37)19-35(14-6-2)15-7-3/h22-24,31H,5-21H2,1-4H3,(H,32,40)(H,33,37)(H,34,36)/t22-,24-,30+/m0/s1. The summed E-state index contributed by atoms with van der Waals surface area (Å²) in [5, 5.41) is 11.0. The summed E-state index contributed by atoms with van der Waals surface area (Å²) in [5.41, 5.74) is -1.25. The maximum atomic E-state index is 13.6. The van der Waals surface area contributed by atoms with E-state index in [2.05, 4.69) is 35.1 Å². The number of hydrogen-bond acceptors (Lipinski definition) is 9. The van der Waals surface area contributed by atoms with Crippen LogP contribution in [-0.2, 0) is 33.4 Å². The van der Waals surface area contributed by atoms with Crippen LogP contribution in [0, 0.1) is 5.92 Å². The number of amides is 3. The zero-order valence-corrected chi connectivity index (χ0v) is 26.1. The summed E-state index contributed by atoms with van der Waals surface area (Å²) < 4.78 is 10.8. The molecule has 0 spiro atoms. The van der Waals surface area contributed by atoms with Gasteiger partial charge in [0.25, 0.3) is 0 Å². The van der Waals surface area contributed by atoms with E-state index in [9.17, 15) is 24.0 Å². The zero-order valence-electron chi connectivity index (χ0n) is 26.1. The van der Waals surface area contributed by atoms with Crippen LogP contribution in [0.3, 0.4) is 0 Å². The molecular formula is C30H53N5O7. The van der Waals surface area contributed by atoms with E-state index in [-0.39, 0.29) is 50.5 Å². The third-order valence-corrected chi connectivity index (χ3v) is 7.69. The van der Waals surface area contributed by atoms with Gasteiger partial charge in [-0.15, -0.1) is 0 Å². The number of epoxide rings is 1. The number of ether oxygens (including phenoxy) is 2. The largest absolute Gasteiger partial charge is 0.461 e. The Morgan fingerprint density at radius 1 is 0.929 bits per heavy atom. The molecule has 1 saturated carbocycles. The van der Waals surface area contributed by atoms with E-state index >= 15 is 0 Å². The first-order valence-electron chi connectivity index (χ1n) is 15.8. The molecule has 0 aromatic heterocycles. The van der Waals surface area contributed by atoms with Gasteiger partial charge in [0.2, 0.25) is 17.7 Å². The molecule has 1 saturated heterocycles. The highest BCUT2D eigenvalue weighted by atomic mass is 16.6. The molecule has 3 atom stereocenters. The first-order chi connectivity index (χ1) is 20.1. The van der Waals surface area contributed by atoms with Crippen molar-refractivity contribution in [3.05, 3.63) is 0 Å². The lowest BCUT2D eigenvalue weighted by molar-refractivity contribution is -0.146. The lowest BCUT2D eigenvalue weighted by Crippen LogP contribution is -2.53. The molecule has 12 heteroatoms. The van der Waals surface area contributed by atoms with Crippen LogP contribution < -0.4 is 21.3 Å². The summed E-state index contributed by atoms with van der Waals surface area (Å²) >= 11 is 0. The number of nitrogens with one attached hydrogen (secondary N) is 4. The molecule has 42 heavy (non-hydrogen) atoms. The Kier molecular flexibility index (Phi) is 16.0. The van der Waals surface area contributed by atoms with Crippen LogP contribution in [0.15, 0.2) is 0 Å². The third-order valence-electron chi connectivity index (χ3n) is 7.69. The van der Waals surface area contributed by atoms with E-state index < -0.39 is 35.5 Å². The molecule has 1 heterocycles. The fourth-order valence-corrected chi connectivity index (χ4v) is 5.33. The number of ketones is 1. The van der Waals surface area contributed by atoms with Crippen molar-refractivity contribution in [1.29, 1.82) is 0 Å². The molecule has 2 fully saturated rings. The summed E-state index contributed by atoms with van der Waals surface area (Å²) in [5.74, 6) is -1.74. The van der Waals surface area contributed by atoms with E-state index in [4.69, 9.17) is 9.47 Å². The molecule has 0 unspecified atom stereocenters. The number of carbonyl (C=O) groups is 5. The number of hydrogen-bond donors (Lipinski definition) is 4. The molecule has 0 aromatic rings. The number of rotatable bonds is 21. The topological polar surface area (TPSA) is 158 Å². The van der Waals surface area contributed by atoms with Gasteiger partial charge in [0.1, 0.15) is 12.6 Å². The minimum atomic E-state index is -1.25. The lowest BCUT2D eigenvalue weighted by atomic mass is 9.82. The Morgan fingerprint density at radius 2 is 1.60 bits per heavy atom. The predicted molar refractivity (Wildman–Crippen MR) is 159 cm³/mol. The van der Waals surface area contributed by atoms with E-state index in [1.807, 2.05) is 11.8 Å². The molecule has 4 N–H and O–H groups in total. The highest BCUT2D eigenvalue weighted by Crippen LogP contribution is 2.33. The normalized spacial score (nSPS) is 19.9. The number of Topliss-reactive ketones (excluding diaryl/α,β-unsaturated/α-hetero) is 1. The highest BCUT2D eigenvalue weighted by molar-refractivity contribution is 5.98. The summed E-state index contributed by atoms with van der Waals surface area (Å²) in [7, 11) is 0. The van der Waals surface area contributed by atoms with Gasteiger partial charge in [-0.25, -0.2) is 0 Å². The van der Waals surface area contributed by atoms with E-state index in [1.54, 1.807) is 6.92 Å². The minimum absolute atomic E-state index is 0.0503. The van der Waals surface area contributed by atoms with Crippen molar-refractivity contribution < 1.29 is 33.4 Å². The fraction of sp³-hybridized carbons (Fsp3) is 0.833. The molecule has 1 aliphatic carbocycles. The quantitative estimate of drug-likeness (QED) is 0.0865. The molecule has 0 aromatic carbocycles. The van der Waals surface area contributed by atoms with Gasteiger partial charge in [-0.05, 0) is 58.2 Å². The van der Waals surface area contributed by atoms with Gasteiger partial charge >= 0.3 is 5.97 Å². The predicted octanol–water partition coefficient (Wildman–Crippen LogP) is 1.07. The lowest BCUT2D eigenvalue weighted by Gasteiger charge is -2.28. The van der Waals surface area contributed by atoms with Crippen LogP contribution in [-0.4, -0.2) is 105 Å². The molecule has 240 valence electrons. The van der Waals surface area contributed by atoms with E-state index in [1.165, 1.54) is 0 Å². The second-order valence-electron chi connectivity index (χ2n) is 11.6. The number of nitrogens with zero attached hydrogens (tertiary/aromatic N) is 1. The van der Waals surface area contributed by atoms with Crippen LogP contribution in [0.1, 0.15) is 85.5 Å². The Balaban J connectivity index is 1.90. The van der Waals surface area contributed by atoms with Gasteiger partial charge in [-0.3, -0.25) is 28.9 Å². The molecule has 0 bridgehead atoms. The second kappa shape index (κ2) is 18.9. The Bertz CT molecular complexity index is 883.